The van der Waals surface area contributed by atoms with E-state index >= 15 is 0 Å². The zero-order chi connectivity index (χ0) is 12.6. The lowest BCUT2D eigenvalue weighted by Crippen LogP contribution is -2.61. The van der Waals surface area contributed by atoms with E-state index in [1.807, 2.05) is 0 Å². The van der Waals surface area contributed by atoms with Crippen LogP contribution in [0.3, 0.4) is 0 Å². The molecular weight excluding hydrogens is 226 g/mol. The maximum Gasteiger partial charge on any atom is 0.320 e. The van der Waals surface area contributed by atoms with Crippen LogP contribution in [0.25, 0.3) is 0 Å². The molecule has 1 atom stereocenters. The number of hydrogen-bond acceptors (Lipinski definition) is 2. The average Bonchev–Trinajstić information content (AvgIpc) is 3.10. The van der Waals surface area contributed by atoms with E-state index in [1.54, 1.807) is 0 Å². The summed E-state index contributed by atoms with van der Waals surface area (Å²) >= 11 is 0. The van der Waals surface area contributed by atoms with Gasteiger partial charge in [-0.05, 0) is 30.6 Å². The summed E-state index contributed by atoms with van der Waals surface area (Å²) in [7, 11) is 0. The van der Waals surface area contributed by atoms with E-state index in [1.165, 1.54) is 51.4 Å². The van der Waals surface area contributed by atoms with Crippen LogP contribution in [0.1, 0.15) is 57.8 Å². The van der Waals surface area contributed by atoms with Crippen molar-refractivity contribution in [1.82, 2.24) is 4.90 Å². The van der Waals surface area contributed by atoms with Crippen LogP contribution in [-0.4, -0.2) is 35.1 Å². The third-order valence-electron chi connectivity index (χ3n) is 5.22. The van der Waals surface area contributed by atoms with Gasteiger partial charge in [0.15, 0.2) is 0 Å². The van der Waals surface area contributed by atoms with Crippen LogP contribution in [0.2, 0.25) is 0 Å². The summed E-state index contributed by atoms with van der Waals surface area (Å²) in [4.78, 5) is 13.6. The minimum absolute atomic E-state index is 0.189. The maximum absolute atomic E-state index is 11.4. The lowest BCUT2D eigenvalue weighted by Gasteiger charge is -2.52. The Kier molecular flexibility index (Phi) is 3.35. The van der Waals surface area contributed by atoms with E-state index in [-0.39, 0.29) is 6.04 Å². The number of hydrogen-bond donors (Lipinski definition) is 1. The highest BCUT2D eigenvalue weighted by atomic mass is 16.4. The third kappa shape index (κ3) is 2.56. The molecule has 3 aliphatic rings. The Morgan fingerprint density at radius 2 is 1.78 bits per heavy atom. The van der Waals surface area contributed by atoms with Crippen molar-refractivity contribution in [3.05, 3.63) is 0 Å². The van der Waals surface area contributed by atoms with Gasteiger partial charge in [-0.3, -0.25) is 9.69 Å². The number of likely N-dealkylation sites (tertiary alicyclic amines) is 1. The van der Waals surface area contributed by atoms with Crippen LogP contribution in [-0.2, 0) is 4.79 Å². The van der Waals surface area contributed by atoms with Crippen LogP contribution < -0.4 is 0 Å². The molecule has 3 nitrogen and oxygen atoms in total. The molecule has 0 radical (unpaired) electrons. The largest absolute Gasteiger partial charge is 0.480 e. The van der Waals surface area contributed by atoms with Gasteiger partial charge in [-0.15, -0.1) is 0 Å². The first kappa shape index (κ1) is 12.5. The van der Waals surface area contributed by atoms with Gasteiger partial charge in [0.2, 0.25) is 0 Å². The van der Waals surface area contributed by atoms with Crippen LogP contribution in [0.5, 0.6) is 0 Å². The minimum atomic E-state index is -0.592. The fourth-order valence-corrected chi connectivity index (χ4v) is 3.91. The molecule has 0 amide bonds. The second kappa shape index (κ2) is 4.84. The van der Waals surface area contributed by atoms with E-state index < -0.39 is 5.97 Å². The van der Waals surface area contributed by atoms with Gasteiger partial charge in [0, 0.05) is 13.1 Å². The zero-order valence-corrected chi connectivity index (χ0v) is 11.2. The van der Waals surface area contributed by atoms with Crippen molar-refractivity contribution in [3.8, 4) is 0 Å². The minimum Gasteiger partial charge on any atom is -0.480 e. The van der Waals surface area contributed by atoms with Crippen LogP contribution in [0.4, 0.5) is 0 Å². The molecule has 3 heteroatoms. The van der Waals surface area contributed by atoms with Gasteiger partial charge in [0.05, 0.1) is 0 Å². The summed E-state index contributed by atoms with van der Waals surface area (Å²) < 4.78 is 0. The topological polar surface area (TPSA) is 40.5 Å². The number of rotatable bonds is 4. The molecule has 18 heavy (non-hydrogen) atoms. The number of carboxylic acids is 1. The van der Waals surface area contributed by atoms with Crippen molar-refractivity contribution in [1.29, 1.82) is 0 Å². The molecule has 1 unspecified atom stereocenters. The second-order valence-electron chi connectivity index (χ2n) is 6.85. The Morgan fingerprint density at radius 1 is 1.17 bits per heavy atom. The zero-order valence-electron chi connectivity index (χ0n) is 11.2. The van der Waals surface area contributed by atoms with Crippen molar-refractivity contribution < 1.29 is 9.90 Å². The molecular formula is C15H25NO2. The standard InChI is InChI=1S/C15H25NO2/c17-14(18)13(9-12-5-6-12)16-10-15(11-16)7-3-1-2-4-8-15/h12-13H,1-11H2,(H,17,18). The fraction of sp³-hybridized carbons (Fsp3) is 0.933. The second-order valence-corrected chi connectivity index (χ2v) is 6.85. The Labute approximate surface area is 110 Å². The first-order valence-corrected chi connectivity index (χ1v) is 7.65. The molecule has 0 aromatic heterocycles. The Bertz CT molecular complexity index is 308. The Morgan fingerprint density at radius 3 is 2.28 bits per heavy atom. The molecule has 102 valence electrons. The van der Waals surface area contributed by atoms with Crippen molar-refractivity contribution in [2.45, 2.75) is 63.8 Å². The first-order chi connectivity index (χ1) is 8.69. The number of nitrogens with zero attached hydrogens (tertiary/aromatic N) is 1. The average molecular weight is 251 g/mol. The first-order valence-electron chi connectivity index (χ1n) is 7.65. The smallest absolute Gasteiger partial charge is 0.320 e. The predicted octanol–water partition coefficient (Wildman–Crippen LogP) is 2.90. The highest BCUT2D eigenvalue weighted by Crippen LogP contribution is 2.45. The summed E-state index contributed by atoms with van der Waals surface area (Å²) in [5.74, 6) is 0.113. The number of carbonyl (C=O) groups is 1. The van der Waals surface area contributed by atoms with Gasteiger partial charge >= 0.3 is 5.97 Å². The monoisotopic (exact) mass is 251 g/mol. The molecule has 0 aromatic rings. The Balaban J connectivity index is 1.56. The number of carboxylic acid groups (broad SMARTS) is 1. The van der Waals surface area contributed by atoms with Crippen LogP contribution in [0.15, 0.2) is 0 Å². The summed E-state index contributed by atoms with van der Waals surface area (Å²) in [6, 6.07) is -0.189. The molecule has 2 saturated carbocycles. The Hall–Kier alpha value is -0.570. The van der Waals surface area contributed by atoms with Crippen molar-refractivity contribution in [3.63, 3.8) is 0 Å². The van der Waals surface area contributed by atoms with E-state index in [4.69, 9.17) is 0 Å². The molecule has 0 bridgehead atoms. The fourth-order valence-electron chi connectivity index (χ4n) is 3.91. The molecule has 1 spiro atoms. The van der Waals surface area contributed by atoms with Crippen molar-refractivity contribution >= 4 is 5.97 Å². The summed E-state index contributed by atoms with van der Waals surface area (Å²) in [6.45, 7) is 2.10. The van der Waals surface area contributed by atoms with Crippen LogP contribution in [0, 0.1) is 11.3 Å². The highest BCUT2D eigenvalue weighted by Gasteiger charge is 2.47. The summed E-state index contributed by atoms with van der Waals surface area (Å²) in [5, 5.41) is 9.39. The summed E-state index contributed by atoms with van der Waals surface area (Å²) in [6.07, 6.45) is 11.5. The van der Waals surface area contributed by atoms with Crippen molar-refractivity contribution in [2.24, 2.45) is 11.3 Å². The maximum atomic E-state index is 11.4. The van der Waals surface area contributed by atoms with Gasteiger partial charge in [0.25, 0.3) is 0 Å². The molecule has 3 rings (SSSR count). The molecule has 0 aromatic carbocycles. The molecule has 3 fully saturated rings. The molecule has 1 aliphatic heterocycles. The van der Waals surface area contributed by atoms with E-state index in [0.29, 0.717) is 11.3 Å². The van der Waals surface area contributed by atoms with E-state index in [0.717, 1.165) is 19.5 Å². The van der Waals surface area contributed by atoms with Gasteiger partial charge in [-0.1, -0.05) is 38.5 Å². The van der Waals surface area contributed by atoms with Gasteiger partial charge in [-0.2, -0.15) is 0 Å². The van der Waals surface area contributed by atoms with Gasteiger partial charge in [0.1, 0.15) is 6.04 Å². The van der Waals surface area contributed by atoms with E-state index in [9.17, 15) is 9.90 Å². The molecule has 1 heterocycles. The summed E-state index contributed by atoms with van der Waals surface area (Å²) in [5.41, 5.74) is 0.494. The lowest BCUT2D eigenvalue weighted by molar-refractivity contribution is -0.150. The number of aliphatic carboxylic acids is 1. The SMILES string of the molecule is O=C(O)C(CC1CC1)N1CC2(CCCCCC2)C1. The van der Waals surface area contributed by atoms with Crippen molar-refractivity contribution in [2.75, 3.05) is 13.1 Å². The quantitative estimate of drug-likeness (QED) is 0.835. The molecule has 1 saturated heterocycles. The van der Waals surface area contributed by atoms with Gasteiger partial charge in [-0.25, -0.2) is 0 Å². The normalized spacial score (nSPS) is 29.6. The highest BCUT2D eigenvalue weighted by molar-refractivity contribution is 5.73. The van der Waals surface area contributed by atoms with E-state index in [2.05, 4.69) is 4.90 Å². The predicted molar refractivity (Wildman–Crippen MR) is 70.5 cm³/mol. The third-order valence-corrected chi connectivity index (χ3v) is 5.22. The molecule has 1 N–H and O–H groups in total. The van der Waals surface area contributed by atoms with Crippen LogP contribution >= 0.6 is 0 Å². The van der Waals surface area contributed by atoms with Gasteiger partial charge < -0.3 is 5.11 Å². The lowest BCUT2D eigenvalue weighted by atomic mass is 9.72. The molecule has 2 aliphatic carbocycles.